The predicted molar refractivity (Wildman–Crippen MR) is 121 cm³/mol. The summed E-state index contributed by atoms with van der Waals surface area (Å²) in [6.45, 7) is 12.3. The molecule has 0 bridgehead atoms. The lowest BCUT2D eigenvalue weighted by atomic mass is 9.75. The molecule has 3 atom stereocenters. The first-order valence-electron chi connectivity index (χ1n) is 11.6. The topological polar surface area (TPSA) is 24.5 Å². The second kappa shape index (κ2) is 13.3. The highest BCUT2D eigenvalue weighted by Crippen LogP contribution is 2.35. The van der Waals surface area contributed by atoms with E-state index in [4.69, 9.17) is 4.74 Å². The van der Waals surface area contributed by atoms with Crippen molar-refractivity contribution in [1.82, 2.24) is 10.2 Å². The third kappa shape index (κ3) is 9.07. The van der Waals surface area contributed by atoms with Crippen LogP contribution in [0, 0.1) is 17.8 Å². The monoisotopic (exact) mass is 388 g/mol. The van der Waals surface area contributed by atoms with Gasteiger partial charge in [-0.15, -0.1) is 0 Å². The molecule has 0 radical (unpaired) electrons. The number of aryl methyl sites for hydroxylation is 1. The van der Waals surface area contributed by atoms with Gasteiger partial charge in [-0.05, 0) is 69.0 Å². The number of unbranched alkanes of at least 4 members (excludes halogenated alkanes) is 1. The van der Waals surface area contributed by atoms with E-state index in [1.165, 1.54) is 44.1 Å². The van der Waals surface area contributed by atoms with E-state index in [-0.39, 0.29) is 0 Å². The predicted octanol–water partition coefficient (Wildman–Crippen LogP) is 5.01. The van der Waals surface area contributed by atoms with Crippen LogP contribution in [0.3, 0.4) is 0 Å². The Morgan fingerprint density at radius 2 is 1.86 bits per heavy atom. The molecule has 0 aromatic heterocycles. The summed E-state index contributed by atoms with van der Waals surface area (Å²) in [5.74, 6) is 2.31. The van der Waals surface area contributed by atoms with Gasteiger partial charge in [-0.1, -0.05) is 57.5 Å². The maximum atomic E-state index is 6.34. The van der Waals surface area contributed by atoms with Crippen molar-refractivity contribution in [1.29, 1.82) is 0 Å². The van der Waals surface area contributed by atoms with E-state index in [9.17, 15) is 0 Å². The Morgan fingerprint density at radius 3 is 2.61 bits per heavy atom. The average molecular weight is 389 g/mol. The van der Waals surface area contributed by atoms with Crippen LogP contribution in [0.5, 0.6) is 0 Å². The molecule has 3 heteroatoms. The van der Waals surface area contributed by atoms with E-state index >= 15 is 0 Å². The van der Waals surface area contributed by atoms with Crippen LogP contribution in [-0.4, -0.2) is 50.8 Å². The standard InChI is InChI=1S/C25H44N2O/c1-21(2)24-14-13-22(3)20-25(24)28-19-18-27(4)17-16-26-15-9-8-12-23-10-6-5-7-11-23/h5-7,10-11,21-22,24-26H,8-9,12-20H2,1-4H3/t22-,24+,25-/m1/s1. The molecule has 1 aliphatic carbocycles. The van der Waals surface area contributed by atoms with Gasteiger partial charge in [0, 0.05) is 19.6 Å². The quantitative estimate of drug-likeness (QED) is 0.481. The fourth-order valence-electron chi connectivity index (χ4n) is 4.40. The lowest BCUT2D eigenvalue weighted by Gasteiger charge is -2.37. The molecule has 3 nitrogen and oxygen atoms in total. The fourth-order valence-corrected chi connectivity index (χ4v) is 4.40. The molecule has 0 spiro atoms. The van der Waals surface area contributed by atoms with E-state index in [2.05, 4.69) is 68.4 Å². The molecule has 0 aliphatic heterocycles. The summed E-state index contributed by atoms with van der Waals surface area (Å²) < 4.78 is 6.34. The molecule has 1 N–H and O–H groups in total. The van der Waals surface area contributed by atoms with Gasteiger partial charge in [0.25, 0.3) is 0 Å². The van der Waals surface area contributed by atoms with E-state index in [0.717, 1.165) is 50.5 Å². The Hall–Kier alpha value is -0.900. The Kier molecular flexibility index (Phi) is 11.1. The maximum absolute atomic E-state index is 6.34. The fraction of sp³-hybridized carbons (Fsp3) is 0.760. The van der Waals surface area contributed by atoms with Gasteiger partial charge in [0.2, 0.25) is 0 Å². The molecule has 2 rings (SSSR count). The molecular weight excluding hydrogens is 344 g/mol. The molecule has 0 saturated heterocycles. The van der Waals surface area contributed by atoms with Crippen molar-refractivity contribution in [2.75, 3.05) is 39.8 Å². The van der Waals surface area contributed by atoms with Crippen LogP contribution in [-0.2, 0) is 11.2 Å². The number of rotatable bonds is 13. The van der Waals surface area contributed by atoms with Gasteiger partial charge in [-0.3, -0.25) is 0 Å². The Balaban J connectivity index is 1.47. The number of ether oxygens (including phenoxy) is 1. The number of nitrogens with one attached hydrogen (secondary N) is 1. The largest absolute Gasteiger partial charge is 0.377 e. The van der Waals surface area contributed by atoms with Crippen molar-refractivity contribution in [3.63, 3.8) is 0 Å². The summed E-state index contributed by atoms with van der Waals surface area (Å²) in [7, 11) is 2.21. The number of hydrogen-bond acceptors (Lipinski definition) is 3. The first-order chi connectivity index (χ1) is 13.6. The summed E-state index contributed by atoms with van der Waals surface area (Å²) in [6, 6.07) is 10.8. The third-order valence-electron chi connectivity index (χ3n) is 6.35. The lowest BCUT2D eigenvalue weighted by Crippen LogP contribution is -2.37. The van der Waals surface area contributed by atoms with Crippen LogP contribution >= 0.6 is 0 Å². The Morgan fingerprint density at radius 1 is 1.07 bits per heavy atom. The number of likely N-dealkylation sites (N-methyl/N-ethyl adjacent to an activating group) is 1. The molecular formula is C25H44N2O. The second-order valence-electron chi connectivity index (χ2n) is 9.23. The first-order valence-corrected chi connectivity index (χ1v) is 11.6. The molecule has 1 aromatic rings. The summed E-state index contributed by atoms with van der Waals surface area (Å²) in [5.41, 5.74) is 1.45. The minimum atomic E-state index is 0.472. The molecule has 0 heterocycles. The van der Waals surface area contributed by atoms with Gasteiger partial charge in [0.15, 0.2) is 0 Å². The van der Waals surface area contributed by atoms with Crippen molar-refractivity contribution >= 4 is 0 Å². The molecule has 0 unspecified atom stereocenters. The average Bonchev–Trinajstić information content (AvgIpc) is 2.68. The van der Waals surface area contributed by atoms with Gasteiger partial charge in [0.1, 0.15) is 0 Å². The molecule has 0 amide bonds. The van der Waals surface area contributed by atoms with Crippen LogP contribution in [0.15, 0.2) is 30.3 Å². The molecule has 28 heavy (non-hydrogen) atoms. The molecule has 1 saturated carbocycles. The van der Waals surface area contributed by atoms with Crippen molar-refractivity contribution in [2.24, 2.45) is 17.8 Å². The van der Waals surface area contributed by atoms with E-state index in [1.54, 1.807) is 0 Å². The smallest absolute Gasteiger partial charge is 0.0608 e. The van der Waals surface area contributed by atoms with Crippen LogP contribution in [0.1, 0.15) is 58.4 Å². The van der Waals surface area contributed by atoms with Crippen LogP contribution in [0.25, 0.3) is 0 Å². The van der Waals surface area contributed by atoms with E-state index in [0.29, 0.717) is 6.10 Å². The van der Waals surface area contributed by atoms with Crippen LogP contribution in [0.2, 0.25) is 0 Å². The van der Waals surface area contributed by atoms with Gasteiger partial charge >= 0.3 is 0 Å². The number of hydrogen-bond donors (Lipinski definition) is 1. The summed E-state index contributed by atoms with van der Waals surface area (Å²) in [4.78, 5) is 2.40. The van der Waals surface area contributed by atoms with Gasteiger partial charge in [0.05, 0.1) is 12.7 Å². The SMILES string of the molecule is CC(C)[C@@H]1CC[C@@H](C)C[C@H]1OCCN(C)CCNCCCCc1ccccc1. The second-order valence-corrected chi connectivity index (χ2v) is 9.23. The zero-order valence-corrected chi connectivity index (χ0v) is 18.8. The third-order valence-corrected chi connectivity index (χ3v) is 6.35. The van der Waals surface area contributed by atoms with Crippen molar-refractivity contribution < 1.29 is 4.74 Å². The first kappa shape index (κ1) is 23.4. The minimum Gasteiger partial charge on any atom is -0.377 e. The van der Waals surface area contributed by atoms with Crippen molar-refractivity contribution in [3.8, 4) is 0 Å². The van der Waals surface area contributed by atoms with E-state index < -0.39 is 0 Å². The number of nitrogens with zero attached hydrogens (tertiary/aromatic N) is 1. The summed E-state index contributed by atoms with van der Waals surface area (Å²) in [5, 5.41) is 3.59. The molecule has 1 aliphatic rings. The van der Waals surface area contributed by atoms with Crippen LogP contribution in [0.4, 0.5) is 0 Å². The zero-order chi connectivity index (χ0) is 20.2. The highest BCUT2D eigenvalue weighted by atomic mass is 16.5. The maximum Gasteiger partial charge on any atom is 0.0608 e. The molecule has 1 aromatic carbocycles. The lowest BCUT2D eigenvalue weighted by molar-refractivity contribution is -0.0428. The highest BCUT2D eigenvalue weighted by Gasteiger charge is 2.31. The van der Waals surface area contributed by atoms with Crippen LogP contribution < -0.4 is 5.32 Å². The zero-order valence-electron chi connectivity index (χ0n) is 18.8. The van der Waals surface area contributed by atoms with Crippen molar-refractivity contribution in [3.05, 3.63) is 35.9 Å². The Bertz CT molecular complexity index is 505. The van der Waals surface area contributed by atoms with Gasteiger partial charge in [-0.25, -0.2) is 0 Å². The minimum absolute atomic E-state index is 0.472. The Labute approximate surface area is 174 Å². The van der Waals surface area contributed by atoms with Gasteiger partial charge in [-0.2, -0.15) is 0 Å². The molecule has 1 fully saturated rings. The normalized spacial score (nSPS) is 22.9. The summed E-state index contributed by atoms with van der Waals surface area (Å²) in [6.07, 6.45) is 8.14. The van der Waals surface area contributed by atoms with E-state index in [1.807, 2.05) is 0 Å². The molecule has 160 valence electrons. The highest BCUT2D eigenvalue weighted by molar-refractivity contribution is 5.14. The van der Waals surface area contributed by atoms with Crippen molar-refractivity contribution in [2.45, 2.75) is 65.4 Å². The summed E-state index contributed by atoms with van der Waals surface area (Å²) >= 11 is 0. The number of benzene rings is 1. The van der Waals surface area contributed by atoms with Gasteiger partial charge < -0.3 is 15.0 Å².